The third-order valence-electron chi connectivity index (χ3n) is 3.53. The Kier molecular flexibility index (Phi) is 3.53. The molecule has 0 spiro atoms. The van der Waals surface area contributed by atoms with E-state index in [0.717, 1.165) is 28.7 Å². The van der Waals surface area contributed by atoms with E-state index in [1.54, 1.807) is 6.20 Å². The Morgan fingerprint density at radius 1 is 1.10 bits per heavy atom. The van der Waals surface area contributed by atoms with Gasteiger partial charge in [-0.05, 0) is 42.3 Å². The van der Waals surface area contributed by atoms with Gasteiger partial charge in [0, 0.05) is 17.3 Å². The van der Waals surface area contributed by atoms with Gasteiger partial charge in [0.2, 0.25) is 0 Å². The van der Waals surface area contributed by atoms with Gasteiger partial charge >= 0.3 is 0 Å². The lowest BCUT2D eigenvalue weighted by molar-refractivity contribution is 1.14. The zero-order chi connectivity index (χ0) is 14.7. The van der Waals surface area contributed by atoms with Crippen LogP contribution in [0.2, 0.25) is 0 Å². The molecule has 0 unspecified atom stereocenters. The molecule has 0 saturated carbocycles. The lowest BCUT2D eigenvalue weighted by Crippen LogP contribution is -1.95. The fraction of sp³-hybridized carbons (Fsp3) is 0.111. The molecule has 0 fully saturated rings. The van der Waals surface area contributed by atoms with Gasteiger partial charge in [-0.2, -0.15) is 5.26 Å². The van der Waals surface area contributed by atoms with E-state index in [1.807, 2.05) is 36.4 Å². The van der Waals surface area contributed by atoms with Gasteiger partial charge in [0.1, 0.15) is 6.07 Å². The molecule has 3 rings (SSSR count). The van der Waals surface area contributed by atoms with Crippen molar-refractivity contribution < 1.29 is 0 Å². The molecule has 1 N–H and O–H groups in total. The number of fused-ring (bicyclic) bond motifs is 1. The van der Waals surface area contributed by atoms with E-state index in [2.05, 4.69) is 35.4 Å². The fourth-order valence-corrected chi connectivity index (χ4v) is 2.36. The summed E-state index contributed by atoms with van der Waals surface area (Å²) in [7, 11) is 0. The zero-order valence-electron chi connectivity index (χ0n) is 11.8. The molecule has 1 heterocycles. The lowest BCUT2D eigenvalue weighted by Gasteiger charge is -2.11. The second-order valence-corrected chi connectivity index (χ2v) is 4.85. The van der Waals surface area contributed by atoms with E-state index >= 15 is 0 Å². The van der Waals surface area contributed by atoms with Gasteiger partial charge in [0.25, 0.3) is 0 Å². The summed E-state index contributed by atoms with van der Waals surface area (Å²) >= 11 is 0. The van der Waals surface area contributed by atoms with Crippen LogP contribution in [0.1, 0.15) is 18.1 Å². The summed E-state index contributed by atoms with van der Waals surface area (Å²) in [5.74, 6) is 0. The van der Waals surface area contributed by atoms with Crippen LogP contribution in [-0.4, -0.2) is 4.98 Å². The number of anilines is 2. The van der Waals surface area contributed by atoms with Gasteiger partial charge < -0.3 is 5.32 Å². The number of aromatic nitrogens is 1. The standard InChI is InChI=1S/C18H15N3/c1-2-13-7-8-17-15(11-13)18(9-10-20-17)21-16-6-4-3-5-14(16)12-19/h3-11H,2H2,1H3,(H,20,21). The summed E-state index contributed by atoms with van der Waals surface area (Å²) in [5.41, 5.74) is 4.64. The summed E-state index contributed by atoms with van der Waals surface area (Å²) in [5, 5.41) is 13.6. The van der Waals surface area contributed by atoms with Crippen molar-refractivity contribution in [1.29, 1.82) is 5.26 Å². The number of hydrogen-bond acceptors (Lipinski definition) is 3. The first-order valence-electron chi connectivity index (χ1n) is 6.95. The van der Waals surface area contributed by atoms with Crippen molar-refractivity contribution in [2.75, 3.05) is 5.32 Å². The Bertz CT molecular complexity index is 831. The van der Waals surface area contributed by atoms with E-state index in [1.165, 1.54) is 5.56 Å². The van der Waals surface area contributed by atoms with E-state index in [-0.39, 0.29) is 0 Å². The highest BCUT2D eigenvalue weighted by Crippen LogP contribution is 2.27. The summed E-state index contributed by atoms with van der Waals surface area (Å²) in [6.07, 6.45) is 2.77. The van der Waals surface area contributed by atoms with Gasteiger partial charge in [-0.1, -0.05) is 25.1 Å². The molecular formula is C18H15N3. The van der Waals surface area contributed by atoms with Crippen molar-refractivity contribution in [3.05, 3.63) is 65.9 Å². The Hall–Kier alpha value is -2.86. The second kappa shape index (κ2) is 5.64. The van der Waals surface area contributed by atoms with Crippen molar-refractivity contribution in [2.45, 2.75) is 13.3 Å². The molecule has 102 valence electrons. The molecule has 2 aromatic carbocycles. The van der Waals surface area contributed by atoms with E-state index in [4.69, 9.17) is 0 Å². The van der Waals surface area contributed by atoms with Crippen molar-refractivity contribution >= 4 is 22.3 Å². The van der Waals surface area contributed by atoms with Crippen LogP contribution in [0.3, 0.4) is 0 Å². The van der Waals surface area contributed by atoms with Gasteiger partial charge in [-0.3, -0.25) is 4.98 Å². The predicted octanol–water partition coefficient (Wildman–Crippen LogP) is 4.41. The Morgan fingerprint density at radius 2 is 1.95 bits per heavy atom. The molecule has 0 aliphatic rings. The molecule has 0 aliphatic carbocycles. The highest BCUT2D eigenvalue weighted by atomic mass is 14.9. The Labute approximate surface area is 123 Å². The van der Waals surface area contributed by atoms with Crippen molar-refractivity contribution in [3.8, 4) is 6.07 Å². The van der Waals surface area contributed by atoms with E-state index in [0.29, 0.717) is 5.56 Å². The average molecular weight is 273 g/mol. The smallest absolute Gasteiger partial charge is 0.101 e. The lowest BCUT2D eigenvalue weighted by atomic mass is 10.1. The summed E-state index contributed by atoms with van der Waals surface area (Å²) in [6.45, 7) is 2.13. The number of para-hydroxylation sites is 1. The van der Waals surface area contributed by atoms with Crippen LogP contribution in [0, 0.1) is 11.3 Å². The van der Waals surface area contributed by atoms with Crippen molar-refractivity contribution in [1.82, 2.24) is 4.98 Å². The van der Waals surface area contributed by atoms with E-state index < -0.39 is 0 Å². The number of nitrogens with one attached hydrogen (secondary N) is 1. The van der Waals surface area contributed by atoms with Crippen LogP contribution >= 0.6 is 0 Å². The number of nitriles is 1. The number of nitrogens with zero attached hydrogens (tertiary/aromatic N) is 2. The Morgan fingerprint density at radius 3 is 2.76 bits per heavy atom. The van der Waals surface area contributed by atoms with E-state index in [9.17, 15) is 5.26 Å². The zero-order valence-corrected chi connectivity index (χ0v) is 11.8. The maximum absolute atomic E-state index is 9.19. The monoisotopic (exact) mass is 273 g/mol. The molecule has 0 bridgehead atoms. The largest absolute Gasteiger partial charge is 0.354 e. The van der Waals surface area contributed by atoms with Gasteiger partial charge in [-0.25, -0.2) is 0 Å². The van der Waals surface area contributed by atoms with Crippen molar-refractivity contribution in [3.63, 3.8) is 0 Å². The minimum Gasteiger partial charge on any atom is -0.354 e. The summed E-state index contributed by atoms with van der Waals surface area (Å²) in [4.78, 5) is 4.40. The van der Waals surface area contributed by atoms with Gasteiger partial charge in [-0.15, -0.1) is 0 Å². The normalized spacial score (nSPS) is 10.3. The topological polar surface area (TPSA) is 48.7 Å². The van der Waals surface area contributed by atoms with Crippen LogP contribution in [-0.2, 0) is 6.42 Å². The third-order valence-corrected chi connectivity index (χ3v) is 3.53. The molecule has 0 radical (unpaired) electrons. The molecule has 0 saturated heterocycles. The molecule has 3 nitrogen and oxygen atoms in total. The van der Waals surface area contributed by atoms with Crippen LogP contribution in [0.15, 0.2) is 54.7 Å². The number of benzene rings is 2. The number of pyridine rings is 1. The molecule has 21 heavy (non-hydrogen) atoms. The molecule has 3 aromatic rings. The van der Waals surface area contributed by atoms with Crippen LogP contribution in [0.25, 0.3) is 10.9 Å². The van der Waals surface area contributed by atoms with Crippen LogP contribution < -0.4 is 5.32 Å². The number of hydrogen-bond donors (Lipinski definition) is 1. The first kappa shape index (κ1) is 13.1. The minimum atomic E-state index is 0.633. The quantitative estimate of drug-likeness (QED) is 0.768. The first-order chi connectivity index (χ1) is 10.3. The maximum atomic E-state index is 9.19. The van der Waals surface area contributed by atoms with Gasteiger partial charge in [0.05, 0.1) is 16.8 Å². The highest BCUT2D eigenvalue weighted by Gasteiger charge is 2.06. The molecule has 3 heteroatoms. The van der Waals surface area contributed by atoms with Crippen LogP contribution in [0.5, 0.6) is 0 Å². The predicted molar refractivity (Wildman–Crippen MR) is 85.6 cm³/mol. The highest BCUT2D eigenvalue weighted by molar-refractivity contribution is 5.93. The SMILES string of the molecule is CCc1ccc2nccc(Nc3ccccc3C#N)c2c1. The summed E-state index contributed by atoms with van der Waals surface area (Å²) < 4.78 is 0. The number of aryl methyl sites for hydroxylation is 1. The second-order valence-electron chi connectivity index (χ2n) is 4.85. The third kappa shape index (κ3) is 2.56. The molecule has 0 atom stereocenters. The number of rotatable bonds is 3. The maximum Gasteiger partial charge on any atom is 0.101 e. The fourth-order valence-electron chi connectivity index (χ4n) is 2.36. The minimum absolute atomic E-state index is 0.633. The molecule has 0 amide bonds. The van der Waals surface area contributed by atoms with Crippen molar-refractivity contribution in [2.24, 2.45) is 0 Å². The molecular weight excluding hydrogens is 258 g/mol. The average Bonchev–Trinajstić information content (AvgIpc) is 2.55. The summed E-state index contributed by atoms with van der Waals surface area (Å²) in [6, 6.07) is 17.9. The first-order valence-corrected chi connectivity index (χ1v) is 6.95. The van der Waals surface area contributed by atoms with Gasteiger partial charge in [0.15, 0.2) is 0 Å². The molecule has 1 aromatic heterocycles. The molecule has 0 aliphatic heterocycles. The Balaban J connectivity index is 2.10. The van der Waals surface area contributed by atoms with Crippen LogP contribution in [0.4, 0.5) is 11.4 Å².